The molecule has 0 bridgehead atoms. The Morgan fingerprint density at radius 2 is 1.45 bits per heavy atom. The molecule has 0 aliphatic carbocycles. The molecule has 0 aliphatic rings. The molecular weight excluding hydrogens is 325 g/mol. The van der Waals surface area contributed by atoms with Gasteiger partial charge in [-0.3, -0.25) is 9.59 Å². The third-order valence-corrected chi connectivity index (χ3v) is 3.31. The van der Waals surface area contributed by atoms with Crippen LogP contribution < -0.4 is 10.6 Å². The molecule has 0 saturated carbocycles. The SMILES string of the molecule is N#Cc1ccc(NC(=O)C(=O)Nc2c(Cl)cccc2Cl)cc1. The number of rotatable bonds is 2. The summed E-state index contributed by atoms with van der Waals surface area (Å²) in [6.45, 7) is 0. The molecule has 0 saturated heterocycles. The van der Waals surface area contributed by atoms with E-state index in [2.05, 4.69) is 10.6 Å². The molecule has 2 rings (SSSR count). The smallest absolute Gasteiger partial charge is 0.314 e. The fraction of sp³-hybridized carbons (Fsp3) is 0. The monoisotopic (exact) mass is 333 g/mol. The van der Waals surface area contributed by atoms with Gasteiger partial charge in [-0.25, -0.2) is 0 Å². The minimum absolute atomic E-state index is 0.172. The van der Waals surface area contributed by atoms with E-state index in [1.807, 2.05) is 6.07 Å². The van der Waals surface area contributed by atoms with Crippen LogP contribution in [-0.2, 0) is 9.59 Å². The molecule has 22 heavy (non-hydrogen) atoms. The van der Waals surface area contributed by atoms with Gasteiger partial charge in [-0.15, -0.1) is 0 Å². The fourth-order valence-corrected chi connectivity index (χ4v) is 2.10. The van der Waals surface area contributed by atoms with Crippen molar-refractivity contribution >= 4 is 46.4 Å². The summed E-state index contributed by atoms with van der Waals surface area (Å²) in [5.74, 6) is -1.78. The van der Waals surface area contributed by atoms with Crippen molar-refractivity contribution in [2.75, 3.05) is 10.6 Å². The lowest BCUT2D eigenvalue weighted by molar-refractivity contribution is -0.132. The van der Waals surface area contributed by atoms with Gasteiger partial charge in [-0.1, -0.05) is 29.3 Å². The van der Waals surface area contributed by atoms with Gasteiger partial charge in [-0.2, -0.15) is 5.26 Å². The highest BCUT2D eigenvalue weighted by molar-refractivity contribution is 6.46. The topological polar surface area (TPSA) is 82.0 Å². The molecule has 0 unspecified atom stereocenters. The fourth-order valence-electron chi connectivity index (χ4n) is 1.60. The summed E-state index contributed by atoms with van der Waals surface area (Å²) < 4.78 is 0. The Morgan fingerprint density at radius 3 is 2.00 bits per heavy atom. The number of nitriles is 1. The average Bonchev–Trinajstić information content (AvgIpc) is 2.51. The molecule has 0 heterocycles. The number of nitrogens with zero attached hydrogens (tertiary/aromatic N) is 1. The Morgan fingerprint density at radius 1 is 0.909 bits per heavy atom. The first-order valence-electron chi connectivity index (χ1n) is 6.08. The zero-order chi connectivity index (χ0) is 16.1. The molecular formula is C15H9Cl2N3O2. The quantitative estimate of drug-likeness (QED) is 0.826. The lowest BCUT2D eigenvalue weighted by Crippen LogP contribution is -2.29. The summed E-state index contributed by atoms with van der Waals surface area (Å²) in [5.41, 5.74) is 1.01. The molecule has 5 nitrogen and oxygen atoms in total. The lowest BCUT2D eigenvalue weighted by atomic mass is 10.2. The molecule has 0 radical (unpaired) electrons. The zero-order valence-electron chi connectivity index (χ0n) is 11.1. The Kier molecular flexibility index (Phi) is 4.99. The molecule has 2 aromatic rings. The van der Waals surface area contributed by atoms with Crippen LogP contribution in [0.25, 0.3) is 0 Å². The predicted octanol–water partition coefficient (Wildman–Crippen LogP) is 3.44. The Labute approximate surface area is 136 Å². The van der Waals surface area contributed by atoms with Gasteiger partial charge in [0.05, 0.1) is 27.4 Å². The molecule has 0 spiro atoms. The zero-order valence-corrected chi connectivity index (χ0v) is 12.6. The Hall–Kier alpha value is -2.55. The van der Waals surface area contributed by atoms with Crippen LogP contribution in [0.4, 0.5) is 11.4 Å². The summed E-state index contributed by atoms with van der Waals surface area (Å²) in [6.07, 6.45) is 0. The van der Waals surface area contributed by atoms with Crippen LogP contribution in [0.15, 0.2) is 42.5 Å². The van der Waals surface area contributed by atoms with Gasteiger partial charge in [0.2, 0.25) is 0 Å². The molecule has 0 atom stereocenters. The standard InChI is InChI=1S/C15H9Cl2N3O2/c16-11-2-1-3-12(17)13(11)20-15(22)14(21)19-10-6-4-9(8-18)5-7-10/h1-7H,(H,19,21)(H,20,22). The number of nitrogens with one attached hydrogen (secondary N) is 2. The van der Waals surface area contributed by atoms with Crippen molar-refractivity contribution in [1.29, 1.82) is 5.26 Å². The maximum absolute atomic E-state index is 11.9. The molecule has 0 fully saturated rings. The van der Waals surface area contributed by atoms with E-state index in [9.17, 15) is 9.59 Å². The van der Waals surface area contributed by atoms with Crippen molar-refractivity contribution in [2.45, 2.75) is 0 Å². The van der Waals surface area contributed by atoms with Gasteiger partial charge in [0.15, 0.2) is 0 Å². The predicted molar refractivity (Wildman–Crippen MR) is 84.9 cm³/mol. The minimum atomic E-state index is -0.903. The summed E-state index contributed by atoms with van der Waals surface area (Å²) in [4.78, 5) is 23.7. The van der Waals surface area contributed by atoms with Gasteiger partial charge in [0.1, 0.15) is 0 Å². The van der Waals surface area contributed by atoms with Gasteiger partial charge in [0, 0.05) is 5.69 Å². The molecule has 0 aliphatic heterocycles. The van der Waals surface area contributed by atoms with Crippen LogP contribution in [0, 0.1) is 11.3 Å². The van der Waals surface area contributed by atoms with E-state index in [1.54, 1.807) is 18.2 Å². The second kappa shape index (κ2) is 6.94. The number of hydrogen-bond acceptors (Lipinski definition) is 3. The third-order valence-electron chi connectivity index (χ3n) is 2.68. The number of para-hydroxylation sites is 1. The normalized spacial score (nSPS) is 9.68. The maximum atomic E-state index is 11.9. The summed E-state index contributed by atoms with van der Waals surface area (Å²) in [7, 11) is 0. The van der Waals surface area contributed by atoms with Crippen LogP contribution in [-0.4, -0.2) is 11.8 Å². The van der Waals surface area contributed by atoms with Gasteiger partial charge in [-0.05, 0) is 36.4 Å². The highest BCUT2D eigenvalue weighted by Gasteiger charge is 2.17. The third kappa shape index (κ3) is 3.76. The van der Waals surface area contributed by atoms with Crippen LogP contribution in [0.5, 0.6) is 0 Å². The lowest BCUT2D eigenvalue weighted by Gasteiger charge is -2.09. The molecule has 2 amide bonds. The Balaban J connectivity index is 2.06. The highest BCUT2D eigenvalue weighted by atomic mass is 35.5. The number of carbonyl (C=O) groups excluding carboxylic acids is 2. The van der Waals surface area contributed by atoms with Crippen LogP contribution in [0.1, 0.15) is 5.56 Å². The van der Waals surface area contributed by atoms with Gasteiger partial charge >= 0.3 is 11.8 Å². The van der Waals surface area contributed by atoms with E-state index in [0.717, 1.165) is 0 Å². The largest absolute Gasteiger partial charge is 0.318 e. The first-order valence-corrected chi connectivity index (χ1v) is 6.83. The van der Waals surface area contributed by atoms with E-state index >= 15 is 0 Å². The highest BCUT2D eigenvalue weighted by Crippen LogP contribution is 2.29. The number of hydrogen-bond donors (Lipinski definition) is 2. The molecule has 7 heteroatoms. The van der Waals surface area contributed by atoms with Crippen molar-refractivity contribution in [3.63, 3.8) is 0 Å². The van der Waals surface area contributed by atoms with Crippen LogP contribution >= 0.6 is 23.2 Å². The summed E-state index contributed by atoms with van der Waals surface area (Å²) >= 11 is 11.8. The Bertz CT molecular complexity index is 747. The first kappa shape index (κ1) is 15.8. The van der Waals surface area contributed by atoms with E-state index in [4.69, 9.17) is 28.5 Å². The van der Waals surface area contributed by atoms with Crippen molar-refractivity contribution in [1.82, 2.24) is 0 Å². The second-order valence-electron chi connectivity index (χ2n) is 4.19. The van der Waals surface area contributed by atoms with Gasteiger partial charge < -0.3 is 10.6 Å². The number of halogens is 2. The molecule has 2 aromatic carbocycles. The number of anilines is 2. The minimum Gasteiger partial charge on any atom is -0.318 e. The molecule has 2 N–H and O–H groups in total. The first-order chi connectivity index (χ1) is 10.5. The van der Waals surface area contributed by atoms with Crippen molar-refractivity contribution < 1.29 is 9.59 Å². The average molecular weight is 334 g/mol. The summed E-state index contributed by atoms with van der Waals surface area (Å²) in [6, 6.07) is 12.8. The van der Waals surface area contributed by atoms with E-state index in [-0.39, 0.29) is 15.7 Å². The van der Waals surface area contributed by atoms with Crippen LogP contribution in [0.3, 0.4) is 0 Å². The van der Waals surface area contributed by atoms with E-state index in [1.165, 1.54) is 24.3 Å². The number of benzene rings is 2. The molecule has 110 valence electrons. The maximum Gasteiger partial charge on any atom is 0.314 e. The van der Waals surface area contributed by atoms with E-state index in [0.29, 0.717) is 11.3 Å². The van der Waals surface area contributed by atoms with E-state index < -0.39 is 11.8 Å². The van der Waals surface area contributed by atoms with Crippen molar-refractivity contribution in [3.05, 3.63) is 58.1 Å². The number of amides is 2. The van der Waals surface area contributed by atoms with Crippen molar-refractivity contribution in [3.8, 4) is 6.07 Å². The van der Waals surface area contributed by atoms with Gasteiger partial charge in [0.25, 0.3) is 0 Å². The van der Waals surface area contributed by atoms with Crippen LogP contribution in [0.2, 0.25) is 10.0 Å². The molecule has 0 aromatic heterocycles. The number of carbonyl (C=O) groups is 2. The second-order valence-corrected chi connectivity index (χ2v) is 5.01. The summed E-state index contributed by atoms with van der Waals surface area (Å²) in [5, 5.41) is 13.9. The van der Waals surface area contributed by atoms with Crippen molar-refractivity contribution in [2.24, 2.45) is 0 Å².